The van der Waals surface area contributed by atoms with Crippen molar-refractivity contribution in [3.63, 3.8) is 0 Å². The Morgan fingerprint density at radius 3 is 3.36 bits per heavy atom. The van der Waals surface area contributed by atoms with Crippen molar-refractivity contribution in [2.45, 2.75) is 25.5 Å². The molecule has 1 aliphatic rings. The van der Waals surface area contributed by atoms with Crippen molar-refractivity contribution in [1.29, 1.82) is 0 Å². The minimum Gasteiger partial charge on any atom is -0.371 e. The third-order valence-electron chi connectivity index (χ3n) is 3.91. The highest BCUT2D eigenvalue weighted by Gasteiger charge is 2.28. The van der Waals surface area contributed by atoms with Crippen LogP contribution in [0.15, 0.2) is 29.4 Å². The van der Waals surface area contributed by atoms with Gasteiger partial charge in [0.2, 0.25) is 0 Å². The summed E-state index contributed by atoms with van der Waals surface area (Å²) in [5, 5.41) is 7.01. The average Bonchev–Trinajstić information content (AvgIpc) is 3.21. The van der Waals surface area contributed by atoms with Gasteiger partial charge in [-0.1, -0.05) is 0 Å². The molecule has 0 saturated carbocycles. The van der Waals surface area contributed by atoms with Gasteiger partial charge in [-0.2, -0.15) is 0 Å². The van der Waals surface area contributed by atoms with Crippen LogP contribution in [0, 0.1) is 0 Å². The first kappa shape index (κ1) is 13.9. The van der Waals surface area contributed by atoms with Crippen molar-refractivity contribution >= 4 is 33.4 Å². The van der Waals surface area contributed by atoms with Crippen LogP contribution in [0.3, 0.4) is 0 Å². The molecule has 0 fully saturated rings. The SMILES string of the molecule is CC(NC(=O)c1csc2cncn12)C1OCCc2sccc21. The van der Waals surface area contributed by atoms with Crippen molar-refractivity contribution in [3.8, 4) is 0 Å². The van der Waals surface area contributed by atoms with Crippen molar-refractivity contribution in [2.24, 2.45) is 0 Å². The zero-order chi connectivity index (χ0) is 15.1. The molecule has 1 amide bonds. The van der Waals surface area contributed by atoms with E-state index in [0.717, 1.165) is 11.3 Å². The average molecular weight is 333 g/mol. The van der Waals surface area contributed by atoms with Crippen molar-refractivity contribution in [1.82, 2.24) is 14.7 Å². The Morgan fingerprint density at radius 2 is 2.45 bits per heavy atom. The molecule has 1 aliphatic heterocycles. The largest absolute Gasteiger partial charge is 0.371 e. The second-order valence-corrected chi connectivity index (χ2v) is 7.22. The Bertz CT molecular complexity index is 820. The quantitative estimate of drug-likeness (QED) is 0.802. The predicted octanol–water partition coefficient (Wildman–Crippen LogP) is 2.89. The van der Waals surface area contributed by atoms with Crippen LogP contribution < -0.4 is 5.32 Å². The maximum absolute atomic E-state index is 12.5. The van der Waals surface area contributed by atoms with Crippen LogP contribution in [0.1, 0.15) is 34.0 Å². The number of hydrogen-bond donors (Lipinski definition) is 1. The lowest BCUT2D eigenvalue weighted by molar-refractivity contribution is 0.0205. The molecular weight excluding hydrogens is 318 g/mol. The Hall–Kier alpha value is -1.70. The van der Waals surface area contributed by atoms with E-state index in [1.807, 2.05) is 16.7 Å². The lowest BCUT2D eigenvalue weighted by atomic mass is 10.0. The van der Waals surface area contributed by atoms with Crippen LogP contribution in [0.4, 0.5) is 0 Å². The lowest BCUT2D eigenvalue weighted by Crippen LogP contribution is -2.39. The number of nitrogens with one attached hydrogen (secondary N) is 1. The summed E-state index contributed by atoms with van der Waals surface area (Å²) in [5.41, 5.74) is 1.83. The topological polar surface area (TPSA) is 55.6 Å². The molecule has 3 aromatic heterocycles. The van der Waals surface area contributed by atoms with Crippen molar-refractivity contribution in [3.05, 3.63) is 45.5 Å². The Balaban J connectivity index is 1.54. The van der Waals surface area contributed by atoms with Crippen LogP contribution >= 0.6 is 22.7 Å². The van der Waals surface area contributed by atoms with Gasteiger partial charge in [-0.25, -0.2) is 4.98 Å². The molecule has 3 aromatic rings. The lowest BCUT2D eigenvalue weighted by Gasteiger charge is -2.29. The minimum absolute atomic E-state index is 0.0733. The van der Waals surface area contributed by atoms with E-state index in [2.05, 4.69) is 21.7 Å². The molecule has 2 unspecified atom stereocenters. The van der Waals surface area contributed by atoms with E-state index in [0.29, 0.717) is 12.3 Å². The fourth-order valence-corrected chi connectivity index (χ4v) is 4.57. The maximum atomic E-state index is 12.5. The first-order valence-electron chi connectivity index (χ1n) is 7.12. The molecule has 0 aromatic carbocycles. The van der Waals surface area contributed by atoms with Gasteiger partial charge >= 0.3 is 0 Å². The fraction of sp³-hybridized carbons (Fsp3) is 0.333. The molecule has 0 saturated heterocycles. The van der Waals surface area contributed by atoms with Gasteiger partial charge in [-0.05, 0) is 23.9 Å². The number of fused-ring (bicyclic) bond motifs is 2. The highest BCUT2D eigenvalue weighted by molar-refractivity contribution is 7.15. The summed E-state index contributed by atoms with van der Waals surface area (Å²) in [5.74, 6) is -0.0947. The number of carbonyl (C=O) groups excluding carboxylic acids is 1. The van der Waals surface area contributed by atoms with Gasteiger partial charge in [-0.15, -0.1) is 22.7 Å². The summed E-state index contributed by atoms with van der Waals surface area (Å²) in [4.78, 5) is 18.9. The van der Waals surface area contributed by atoms with Crippen LogP contribution in [0.25, 0.3) is 4.83 Å². The van der Waals surface area contributed by atoms with Crippen LogP contribution in [-0.4, -0.2) is 27.9 Å². The van der Waals surface area contributed by atoms with Crippen molar-refractivity contribution in [2.75, 3.05) is 6.61 Å². The highest BCUT2D eigenvalue weighted by atomic mass is 32.1. The molecule has 5 nitrogen and oxygen atoms in total. The summed E-state index contributed by atoms with van der Waals surface area (Å²) in [7, 11) is 0. The number of thiazole rings is 1. The molecule has 0 spiro atoms. The second-order valence-electron chi connectivity index (χ2n) is 5.33. The molecule has 4 heterocycles. The first-order valence-corrected chi connectivity index (χ1v) is 8.88. The van der Waals surface area contributed by atoms with Gasteiger partial charge in [0.25, 0.3) is 5.91 Å². The molecule has 7 heteroatoms. The van der Waals surface area contributed by atoms with E-state index in [-0.39, 0.29) is 18.1 Å². The smallest absolute Gasteiger partial charge is 0.269 e. The van der Waals surface area contributed by atoms with E-state index < -0.39 is 0 Å². The van der Waals surface area contributed by atoms with Gasteiger partial charge < -0.3 is 10.1 Å². The summed E-state index contributed by atoms with van der Waals surface area (Å²) in [6.07, 6.45) is 4.31. The van der Waals surface area contributed by atoms with E-state index in [9.17, 15) is 4.79 Å². The number of amides is 1. The summed E-state index contributed by atoms with van der Waals surface area (Å²) < 4.78 is 7.70. The number of ether oxygens (including phenoxy) is 1. The van der Waals surface area contributed by atoms with Gasteiger partial charge in [0.1, 0.15) is 23.0 Å². The number of hydrogen-bond acceptors (Lipinski definition) is 5. The first-order chi connectivity index (χ1) is 10.7. The van der Waals surface area contributed by atoms with Crippen LogP contribution in [0.2, 0.25) is 0 Å². The number of rotatable bonds is 3. The standard InChI is InChI=1S/C15H15N3O2S2/c1-9(14-10-3-5-21-12(10)2-4-20-14)17-15(19)11-7-22-13-6-16-8-18(11)13/h3,5-9,14H,2,4H2,1H3,(H,17,19). The molecule has 114 valence electrons. The molecule has 4 rings (SSSR count). The van der Waals surface area contributed by atoms with E-state index in [4.69, 9.17) is 4.74 Å². The molecule has 1 N–H and O–H groups in total. The van der Waals surface area contributed by atoms with Gasteiger partial charge in [0, 0.05) is 16.7 Å². The minimum atomic E-state index is -0.0947. The fourth-order valence-electron chi connectivity index (χ4n) is 2.83. The molecular formula is C15H15N3O2S2. The summed E-state index contributed by atoms with van der Waals surface area (Å²) in [6, 6.07) is 2.02. The number of thiophene rings is 1. The molecule has 2 atom stereocenters. The van der Waals surface area contributed by atoms with Crippen LogP contribution in [-0.2, 0) is 11.2 Å². The van der Waals surface area contributed by atoms with Gasteiger partial charge in [0.15, 0.2) is 0 Å². The maximum Gasteiger partial charge on any atom is 0.269 e. The Morgan fingerprint density at radius 1 is 1.55 bits per heavy atom. The normalized spacial score (nSPS) is 19.0. The monoisotopic (exact) mass is 333 g/mol. The van der Waals surface area contributed by atoms with E-state index >= 15 is 0 Å². The van der Waals surface area contributed by atoms with E-state index in [1.165, 1.54) is 21.8 Å². The van der Waals surface area contributed by atoms with Crippen molar-refractivity contribution < 1.29 is 9.53 Å². The molecule has 0 bridgehead atoms. The van der Waals surface area contributed by atoms with E-state index in [1.54, 1.807) is 23.9 Å². The number of aromatic nitrogens is 2. The molecule has 22 heavy (non-hydrogen) atoms. The summed E-state index contributed by atoms with van der Waals surface area (Å²) in [6.45, 7) is 2.70. The van der Waals surface area contributed by atoms with Gasteiger partial charge in [-0.3, -0.25) is 9.20 Å². The zero-order valence-corrected chi connectivity index (χ0v) is 13.6. The molecule has 0 aliphatic carbocycles. The third-order valence-corrected chi connectivity index (χ3v) is 5.80. The highest BCUT2D eigenvalue weighted by Crippen LogP contribution is 2.33. The number of carbonyl (C=O) groups is 1. The second kappa shape index (κ2) is 5.49. The third kappa shape index (κ3) is 2.25. The van der Waals surface area contributed by atoms with Gasteiger partial charge in [0.05, 0.1) is 18.8 Å². The Kier molecular flexibility index (Phi) is 3.48. The molecule has 0 radical (unpaired) electrons. The number of imidazole rings is 1. The predicted molar refractivity (Wildman–Crippen MR) is 86.7 cm³/mol. The number of nitrogens with zero attached hydrogens (tertiary/aromatic N) is 2. The summed E-state index contributed by atoms with van der Waals surface area (Å²) >= 11 is 3.27. The Labute approximate surface area is 135 Å². The zero-order valence-electron chi connectivity index (χ0n) is 12.0. The van der Waals surface area contributed by atoms with Crippen LogP contribution in [0.5, 0.6) is 0 Å².